The van der Waals surface area contributed by atoms with Crippen molar-refractivity contribution in [2.45, 2.75) is 0 Å². The number of carbonyl (C=O) groups excluding carboxylic acids is 1. The molecule has 2 aromatic rings. The van der Waals surface area contributed by atoms with E-state index in [9.17, 15) is 26.7 Å². The lowest BCUT2D eigenvalue weighted by Gasteiger charge is -2.09. The molecule has 0 bridgehead atoms. The Morgan fingerprint density at radius 3 is 2.00 bits per heavy atom. The van der Waals surface area contributed by atoms with Crippen LogP contribution in [0.4, 0.5) is 33.3 Å². The van der Waals surface area contributed by atoms with Crippen molar-refractivity contribution in [2.24, 2.45) is 0 Å². The Balaban J connectivity index is 2.40. The fraction of sp³-hybridized carbons (Fsp3) is 0. The van der Waals surface area contributed by atoms with Crippen LogP contribution in [0.1, 0.15) is 10.4 Å². The Morgan fingerprint density at radius 1 is 0.905 bits per heavy atom. The number of nitrogen functional groups attached to an aromatic ring is 1. The smallest absolute Gasteiger partial charge is 0.256 e. The summed E-state index contributed by atoms with van der Waals surface area (Å²) in [4.78, 5) is 11.7. The highest BCUT2D eigenvalue weighted by molar-refractivity contribution is 6.04. The zero-order valence-corrected chi connectivity index (χ0v) is 10.2. The third kappa shape index (κ3) is 2.93. The standard InChI is InChI=1S/C13H7F5N2O/c14-6-1-5(2-7(19)3-6)13(21)20-12-10(17)8(15)4-9(16)11(12)18/h1-4H,19H2,(H,20,21). The summed E-state index contributed by atoms with van der Waals surface area (Å²) in [5, 5.41) is 1.64. The van der Waals surface area contributed by atoms with E-state index in [0.717, 1.165) is 18.2 Å². The summed E-state index contributed by atoms with van der Waals surface area (Å²) >= 11 is 0. The van der Waals surface area contributed by atoms with Gasteiger partial charge in [0, 0.05) is 17.3 Å². The van der Waals surface area contributed by atoms with Gasteiger partial charge in [0.25, 0.3) is 5.91 Å². The van der Waals surface area contributed by atoms with Crippen LogP contribution in [0.25, 0.3) is 0 Å². The Kier molecular flexibility index (Phi) is 3.79. The number of carbonyl (C=O) groups is 1. The van der Waals surface area contributed by atoms with Crippen LogP contribution in [0.5, 0.6) is 0 Å². The normalized spacial score (nSPS) is 10.5. The highest BCUT2D eigenvalue weighted by Crippen LogP contribution is 2.25. The second kappa shape index (κ2) is 5.39. The number of anilines is 2. The zero-order chi connectivity index (χ0) is 15.7. The van der Waals surface area contributed by atoms with E-state index >= 15 is 0 Å². The first-order valence-electron chi connectivity index (χ1n) is 5.50. The molecule has 0 fully saturated rings. The van der Waals surface area contributed by atoms with Crippen molar-refractivity contribution in [3.8, 4) is 0 Å². The van der Waals surface area contributed by atoms with Crippen LogP contribution < -0.4 is 11.1 Å². The van der Waals surface area contributed by atoms with Crippen molar-refractivity contribution >= 4 is 17.3 Å². The van der Waals surface area contributed by atoms with E-state index in [0.29, 0.717) is 0 Å². The average Bonchev–Trinajstić information content (AvgIpc) is 2.40. The first kappa shape index (κ1) is 14.8. The Hall–Kier alpha value is -2.64. The van der Waals surface area contributed by atoms with Crippen molar-refractivity contribution in [1.82, 2.24) is 0 Å². The first-order valence-corrected chi connectivity index (χ1v) is 5.50. The number of hydrogen-bond donors (Lipinski definition) is 2. The number of nitrogens with two attached hydrogens (primary N) is 1. The highest BCUT2D eigenvalue weighted by atomic mass is 19.2. The predicted octanol–water partition coefficient (Wildman–Crippen LogP) is 3.22. The Labute approximate surface area is 115 Å². The van der Waals surface area contributed by atoms with Crippen LogP contribution >= 0.6 is 0 Å². The lowest BCUT2D eigenvalue weighted by atomic mass is 10.1. The van der Waals surface area contributed by atoms with Gasteiger partial charge in [-0.3, -0.25) is 4.79 Å². The maximum atomic E-state index is 13.4. The van der Waals surface area contributed by atoms with Gasteiger partial charge in [0.15, 0.2) is 23.3 Å². The summed E-state index contributed by atoms with van der Waals surface area (Å²) in [6, 6.07) is 2.70. The molecule has 0 aliphatic carbocycles. The predicted molar refractivity (Wildman–Crippen MR) is 65.0 cm³/mol. The van der Waals surface area contributed by atoms with Gasteiger partial charge in [0.2, 0.25) is 0 Å². The van der Waals surface area contributed by atoms with Gasteiger partial charge in [-0.15, -0.1) is 0 Å². The minimum Gasteiger partial charge on any atom is -0.399 e. The van der Waals surface area contributed by atoms with Crippen LogP contribution in [0.2, 0.25) is 0 Å². The third-order valence-electron chi connectivity index (χ3n) is 2.53. The number of halogens is 5. The fourth-order valence-corrected chi connectivity index (χ4v) is 1.61. The molecule has 0 radical (unpaired) electrons. The molecule has 0 aliphatic rings. The Morgan fingerprint density at radius 2 is 1.48 bits per heavy atom. The molecule has 0 atom stereocenters. The van der Waals surface area contributed by atoms with E-state index in [2.05, 4.69) is 0 Å². The minimum atomic E-state index is -1.77. The molecule has 0 aliphatic heterocycles. The molecule has 0 spiro atoms. The fourth-order valence-electron chi connectivity index (χ4n) is 1.61. The largest absolute Gasteiger partial charge is 0.399 e. The van der Waals surface area contributed by atoms with Gasteiger partial charge in [0.1, 0.15) is 11.5 Å². The minimum absolute atomic E-state index is 0.000492. The third-order valence-corrected chi connectivity index (χ3v) is 2.53. The van der Waals surface area contributed by atoms with Crippen molar-refractivity contribution < 1.29 is 26.7 Å². The summed E-state index contributed by atoms with van der Waals surface area (Å²) in [6.07, 6.45) is 0. The molecule has 3 N–H and O–H groups in total. The lowest BCUT2D eigenvalue weighted by molar-refractivity contribution is 0.102. The van der Waals surface area contributed by atoms with Crippen LogP contribution in [0, 0.1) is 29.1 Å². The van der Waals surface area contributed by atoms with Gasteiger partial charge in [0.05, 0.1) is 0 Å². The van der Waals surface area contributed by atoms with Crippen molar-refractivity contribution in [2.75, 3.05) is 11.1 Å². The van der Waals surface area contributed by atoms with E-state index in [1.54, 1.807) is 5.32 Å². The highest BCUT2D eigenvalue weighted by Gasteiger charge is 2.21. The molecule has 2 aromatic carbocycles. The number of rotatable bonds is 2. The maximum absolute atomic E-state index is 13.4. The molecule has 1 amide bonds. The van der Waals surface area contributed by atoms with Gasteiger partial charge in [-0.05, 0) is 18.2 Å². The molecule has 0 saturated heterocycles. The quantitative estimate of drug-likeness (QED) is 0.508. The van der Waals surface area contributed by atoms with E-state index in [1.165, 1.54) is 0 Å². The van der Waals surface area contributed by atoms with Crippen LogP contribution in [-0.2, 0) is 0 Å². The molecule has 3 nitrogen and oxygen atoms in total. The monoisotopic (exact) mass is 302 g/mol. The number of benzene rings is 2. The molecule has 0 saturated carbocycles. The van der Waals surface area contributed by atoms with Gasteiger partial charge in [-0.25, -0.2) is 22.0 Å². The first-order chi connectivity index (χ1) is 9.79. The second-order valence-electron chi connectivity index (χ2n) is 4.07. The van der Waals surface area contributed by atoms with Crippen molar-refractivity contribution in [3.63, 3.8) is 0 Å². The van der Waals surface area contributed by atoms with Crippen LogP contribution in [0.3, 0.4) is 0 Å². The summed E-state index contributed by atoms with van der Waals surface area (Å²) < 4.78 is 65.8. The molecule has 0 unspecified atom stereocenters. The molecule has 21 heavy (non-hydrogen) atoms. The summed E-state index contributed by atoms with van der Waals surface area (Å²) in [7, 11) is 0. The number of nitrogens with one attached hydrogen (secondary N) is 1. The van der Waals surface area contributed by atoms with E-state index in [-0.39, 0.29) is 17.3 Å². The molecular formula is C13H7F5N2O. The van der Waals surface area contributed by atoms with E-state index in [4.69, 9.17) is 5.73 Å². The SMILES string of the molecule is Nc1cc(F)cc(C(=O)Nc2c(F)c(F)cc(F)c2F)c1. The summed E-state index contributed by atoms with van der Waals surface area (Å²) in [6.45, 7) is 0. The lowest BCUT2D eigenvalue weighted by Crippen LogP contribution is -2.16. The van der Waals surface area contributed by atoms with E-state index in [1.807, 2.05) is 0 Å². The molecule has 0 heterocycles. The van der Waals surface area contributed by atoms with Crippen LogP contribution in [0.15, 0.2) is 24.3 Å². The molecular weight excluding hydrogens is 295 g/mol. The molecule has 8 heteroatoms. The molecule has 0 aromatic heterocycles. The topological polar surface area (TPSA) is 55.1 Å². The van der Waals surface area contributed by atoms with Crippen molar-refractivity contribution in [1.29, 1.82) is 0 Å². The van der Waals surface area contributed by atoms with Crippen LogP contribution in [-0.4, -0.2) is 5.91 Å². The second-order valence-corrected chi connectivity index (χ2v) is 4.07. The summed E-state index contributed by atoms with van der Waals surface area (Å²) in [5.74, 6) is -8.93. The van der Waals surface area contributed by atoms with Gasteiger partial charge in [-0.1, -0.05) is 0 Å². The van der Waals surface area contributed by atoms with Gasteiger partial charge in [-0.2, -0.15) is 0 Å². The summed E-state index contributed by atoms with van der Waals surface area (Å²) in [5.41, 5.74) is 3.54. The number of amides is 1. The number of hydrogen-bond acceptors (Lipinski definition) is 2. The van der Waals surface area contributed by atoms with Gasteiger partial charge < -0.3 is 11.1 Å². The molecule has 110 valence electrons. The average molecular weight is 302 g/mol. The molecule has 2 rings (SSSR count). The maximum Gasteiger partial charge on any atom is 0.256 e. The van der Waals surface area contributed by atoms with E-state index < -0.39 is 40.7 Å². The zero-order valence-electron chi connectivity index (χ0n) is 10.2. The van der Waals surface area contributed by atoms with Crippen molar-refractivity contribution in [3.05, 3.63) is 58.9 Å². The van der Waals surface area contributed by atoms with Gasteiger partial charge >= 0.3 is 0 Å². The Bertz CT molecular complexity index is 686.